The summed E-state index contributed by atoms with van der Waals surface area (Å²) < 4.78 is 5.95. The highest BCUT2D eigenvalue weighted by Crippen LogP contribution is 2.21. The van der Waals surface area contributed by atoms with Crippen LogP contribution >= 0.6 is 11.8 Å². The van der Waals surface area contributed by atoms with Gasteiger partial charge in [-0.05, 0) is 56.5 Å². The lowest BCUT2D eigenvalue weighted by atomic mass is 10.1. The summed E-state index contributed by atoms with van der Waals surface area (Å²) in [5.74, 6) is 1.58. The summed E-state index contributed by atoms with van der Waals surface area (Å²) in [7, 11) is 0. The molecule has 2 aromatic rings. The van der Waals surface area contributed by atoms with Crippen LogP contribution in [0, 0.1) is 20.8 Å². The van der Waals surface area contributed by atoms with Crippen LogP contribution in [0.3, 0.4) is 0 Å². The lowest BCUT2D eigenvalue weighted by Crippen LogP contribution is -2.39. The molecule has 0 fully saturated rings. The summed E-state index contributed by atoms with van der Waals surface area (Å²) >= 11 is 1.74. The molecule has 0 aliphatic heterocycles. The van der Waals surface area contributed by atoms with Crippen molar-refractivity contribution in [2.75, 3.05) is 12.3 Å². The van der Waals surface area contributed by atoms with E-state index in [2.05, 4.69) is 36.5 Å². The van der Waals surface area contributed by atoms with Crippen molar-refractivity contribution < 1.29 is 9.53 Å². The van der Waals surface area contributed by atoms with Gasteiger partial charge in [-0.3, -0.25) is 4.79 Å². The zero-order chi connectivity index (χ0) is 18.2. The Morgan fingerprint density at radius 2 is 1.76 bits per heavy atom. The van der Waals surface area contributed by atoms with Gasteiger partial charge in [-0.2, -0.15) is 0 Å². The number of aryl methyl sites for hydroxylation is 3. The van der Waals surface area contributed by atoms with Crippen LogP contribution in [-0.4, -0.2) is 24.3 Å². The third-order valence-corrected chi connectivity index (χ3v) is 4.98. The zero-order valence-electron chi connectivity index (χ0n) is 15.5. The average molecular weight is 358 g/mol. The summed E-state index contributed by atoms with van der Waals surface area (Å²) in [5.41, 5.74) is 3.43. The van der Waals surface area contributed by atoms with Crippen molar-refractivity contribution >= 4 is 17.7 Å². The molecule has 4 heteroatoms. The number of benzene rings is 2. The zero-order valence-corrected chi connectivity index (χ0v) is 16.3. The Kier molecular flexibility index (Phi) is 7.38. The molecule has 2 aromatic carbocycles. The van der Waals surface area contributed by atoms with Crippen molar-refractivity contribution in [3.63, 3.8) is 0 Å². The highest BCUT2D eigenvalue weighted by molar-refractivity contribution is 7.99. The summed E-state index contributed by atoms with van der Waals surface area (Å²) in [4.78, 5) is 13.6. The number of hydrogen-bond donors (Lipinski definition) is 1. The van der Waals surface area contributed by atoms with E-state index in [1.807, 2.05) is 39.0 Å². The molecule has 1 amide bonds. The van der Waals surface area contributed by atoms with Gasteiger partial charge in [0, 0.05) is 17.2 Å². The monoisotopic (exact) mass is 357 g/mol. The number of thioether (sulfide) groups is 1. The van der Waals surface area contributed by atoms with Gasteiger partial charge < -0.3 is 10.1 Å². The van der Waals surface area contributed by atoms with E-state index in [1.165, 1.54) is 10.5 Å². The standard InChI is InChI=1S/C21H27NO2S/c1-5-19(24-20-14-16(3)6-9-17(20)4)21(23)22-12-13-25-18-10-7-15(2)8-11-18/h6-11,14,19H,5,12-13H2,1-4H3,(H,22,23)/t19-/m1/s1. The number of amides is 1. The third-order valence-electron chi connectivity index (χ3n) is 3.97. The highest BCUT2D eigenvalue weighted by atomic mass is 32.2. The second kappa shape index (κ2) is 9.52. The lowest BCUT2D eigenvalue weighted by Gasteiger charge is -2.19. The number of nitrogens with one attached hydrogen (secondary N) is 1. The van der Waals surface area contributed by atoms with Gasteiger partial charge >= 0.3 is 0 Å². The second-order valence-electron chi connectivity index (χ2n) is 6.24. The summed E-state index contributed by atoms with van der Waals surface area (Å²) in [5, 5.41) is 2.98. The maximum absolute atomic E-state index is 12.4. The van der Waals surface area contributed by atoms with Crippen molar-refractivity contribution in [2.24, 2.45) is 0 Å². The average Bonchev–Trinajstić information content (AvgIpc) is 2.60. The van der Waals surface area contributed by atoms with Gasteiger partial charge in [0.25, 0.3) is 5.91 Å². The molecule has 0 aliphatic rings. The largest absolute Gasteiger partial charge is 0.480 e. The normalized spacial score (nSPS) is 11.8. The van der Waals surface area contributed by atoms with Crippen LogP contribution in [0.25, 0.3) is 0 Å². The molecule has 0 unspecified atom stereocenters. The van der Waals surface area contributed by atoms with Crippen molar-refractivity contribution in [2.45, 2.75) is 45.1 Å². The van der Waals surface area contributed by atoms with Crippen LogP contribution in [-0.2, 0) is 4.79 Å². The predicted octanol–water partition coefficient (Wildman–Crippen LogP) is 4.68. The van der Waals surface area contributed by atoms with Gasteiger partial charge in [0.1, 0.15) is 5.75 Å². The fraction of sp³-hybridized carbons (Fsp3) is 0.381. The molecule has 1 N–H and O–H groups in total. The van der Waals surface area contributed by atoms with E-state index in [0.717, 1.165) is 22.6 Å². The number of carbonyl (C=O) groups is 1. The number of rotatable bonds is 8. The number of hydrogen-bond acceptors (Lipinski definition) is 3. The Labute approximate surface area is 155 Å². The maximum Gasteiger partial charge on any atom is 0.261 e. The third kappa shape index (κ3) is 6.13. The molecule has 0 saturated heterocycles. The first kappa shape index (κ1) is 19.4. The van der Waals surface area contributed by atoms with Crippen molar-refractivity contribution in [1.82, 2.24) is 5.32 Å². The second-order valence-corrected chi connectivity index (χ2v) is 7.40. The molecule has 0 heterocycles. The molecule has 2 rings (SSSR count). The quantitative estimate of drug-likeness (QED) is 0.551. The van der Waals surface area contributed by atoms with Gasteiger partial charge in [-0.1, -0.05) is 36.8 Å². The van der Waals surface area contributed by atoms with Gasteiger partial charge in [0.2, 0.25) is 0 Å². The van der Waals surface area contributed by atoms with Crippen molar-refractivity contribution in [3.05, 3.63) is 59.2 Å². The van der Waals surface area contributed by atoms with Crippen LogP contribution in [0.15, 0.2) is 47.4 Å². The summed E-state index contributed by atoms with van der Waals surface area (Å²) in [6.45, 7) is 8.70. The van der Waals surface area contributed by atoms with E-state index in [9.17, 15) is 4.79 Å². The SMILES string of the molecule is CC[C@@H](Oc1cc(C)ccc1C)C(=O)NCCSc1ccc(C)cc1. The van der Waals surface area contributed by atoms with Crippen LogP contribution < -0.4 is 10.1 Å². The Morgan fingerprint density at radius 3 is 2.44 bits per heavy atom. The lowest BCUT2D eigenvalue weighted by molar-refractivity contribution is -0.128. The van der Waals surface area contributed by atoms with Crippen molar-refractivity contribution in [3.8, 4) is 5.75 Å². The number of ether oxygens (including phenoxy) is 1. The van der Waals surface area contributed by atoms with E-state index >= 15 is 0 Å². The summed E-state index contributed by atoms with van der Waals surface area (Å²) in [6, 6.07) is 14.5. The first-order valence-electron chi connectivity index (χ1n) is 8.70. The Hall–Kier alpha value is -1.94. The Morgan fingerprint density at radius 1 is 1.08 bits per heavy atom. The minimum Gasteiger partial charge on any atom is -0.480 e. The molecule has 0 saturated carbocycles. The first-order chi connectivity index (χ1) is 12.0. The predicted molar refractivity (Wildman–Crippen MR) is 106 cm³/mol. The first-order valence-corrected chi connectivity index (χ1v) is 9.69. The smallest absolute Gasteiger partial charge is 0.261 e. The van der Waals surface area contributed by atoms with E-state index in [4.69, 9.17) is 4.74 Å². The van der Waals surface area contributed by atoms with E-state index in [0.29, 0.717) is 13.0 Å². The topological polar surface area (TPSA) is 38.3 Å². The minimum absolute atomic E-state index is 0.0482. The molecule has 0 spiro atoms. The summed E-state index contributed by atoms with van der Waals surface area (Å²) in [6.07, 6.45) is 0.189. The van der Waals surface area contributed by atoms with E-state index < -0.39 is 6.10 Å². The fourth-order valence-corrected chi connectivity index (χ4v) is 3.17. The number of carbonyl (C=O) groups excluding carboxylic acids is 1. The molecule has 1 atom stereocenters. The van der Waals surface area contributed by atoms with E-state index in [1.54, 1.807) is 11.8 Å². The molecular weight excluding hydrogens is 330 g/mol. The van der Waals surface area contributed by atoms with Gasteiger partial charge in [-0.15, -0.1) is 11.8 Å². The van der Waals surface area contributed by atoms with Gasteiger partial charge in [0.05, 0.1) is 0 Å². The minimum atomic E-state index is -0.454. The van der Waals surface area contributed by atoms with Crippen LogP contribution in [0.5, 0.6) is 5.75 Å². The molecule has 0 aliphatic carbocycles. The van der Waals surface area contributed by atoms with Crippen LogP contribution in [0.4, 0.5) is 0 Å². The van der Waals surface area contributed by atoms with Crippen molar-refractivity contribution in [1.29, 1.82) is 0 Å². The molecule has 0 aromatic heterocycles. The van der Waals surface area contributed by atoms with Crippen LogP contribution in [0.2, 0.25) is 0 Å². The maximum atomic E-state index is 12.4. The molecule has 0 bridgehead atoms. The molecule has 25 heavy (non-hydrogen) atoms. The van der Waals surface area contributed by atoms with E-state index in [-0.39, 0.29) is 5.91 Å². The molecular formula is C21H27NO2S. The Bertz CT molecular complexity index is 698. The highest BCUT2D eigenvalue weighted by Gasteiger charge is 2.18. The molecule has 3 nitrogen and oxygen atoms in total. The van der Waals surface area contributed by atoms with Gasteiger partial charge in [-0.25, -0.2) is 0 Å². The van der Waals surface area contributed by atoms with Gasteiger partial charge in [0.15, 0.2) is 6.10 Å². The fourth-order valence-electron chi connectivity index (χ4n) is 2.40. The molecule has 0 radical (unpaired) electrons. The molecule has 134 valence electrons. The van der Waals surface area contributed by atoms with Crippen LogP contribution in [0.1, 0.15) is 30.0 Å². The Balaban J connectivity index is 1.81.